The Bertz CT molecular complexity index is 29.1. The van der Waals surface area contributed by atoms with Gasteiger partial charge in [0, 0.05) is 0 Å². The fourth-order valence-corrected chi connectivity index (χ4v) is 0. The van der Waals surface area contributed by atoms with Gasteiger partial charge >= 0.3 is 43.4 Å². The normalized spacial score (nSPS) is 4.80. The Kier molecular flexibility index (Phi) is 277. The molecule has 0 aromatic heterocycles. The zero-order valence-electron chi connectivity index (χ0n) is 12.5. The van der Waals surface area contributed by atoms with Crippen LogP contribution >= 0.6 is 0 Å². The fourth-order valence-electron chi connectivity index (χ4n) is 0. The van der Waals surface area contributed by atoms with E-state index in [1.165, 1.54) is 11.8 Å². The van der Waals surface area contributed by atoms with Gasteiger partial charge in [0.15, 0.2) is 0 Å². The minimum atomic E-state index is 0. The van der Waals surface area contributed by atoms with Crippen molar-refractivity contribution in [1.82, 2.24) is 0 Å². The Morgan fingerprint density at radius 3 is 0.467 bits per heavy atom. The van der Waals surface area contributed by atoms with E-state index in [1.807, 2.05) is 0 Å². The molecule has 0 aliphatic rings. The molecule has 0 spiro atoms. The molecule has 1 nitrogen and oxygen atoms in total. The second kappa shape index (κ2) is 58.4. The summed E-state index contributed by atoms with van der Waals surface area (Å²) in [4.78, 5) is 0. The third-order valence-electron chi connectivity index (χ3n) is 0. The van der Waals surface area contributed by atoms with E-state index in [0.717, 1.165) is 0 Å². The molecule has 0 aromatic carbocycles. The largest absolute Gasteiger partial charge is 3.00 e. The van der Waals surface area contributed by atoms with Crippen LogP contribution in [0.2, 0.25) is 0 Å². The summed E-state index contributed by atoms with van der Waals surface area (Å²) in [5.41, 5.74) is 0. The second-order valence-corrected chi connectivity index (χ2v) is 3.00. The summed E-state index contributed by atoms with van der Waals surface area (Å²) in [5.74, 6) is 2.83. The van der Waals surface area contributed by atoms with Gasteiger partial charge in [-0.3, -0.25) is 0 Å². The van der Waals surface area contributed by atoms with Crippen LogP contribution < -0.4 is 0 Å². The molecule has 0 saturated heterocycles. The maximum absolute atomic E-state index is 2.08. The van der Waals surface area contributed by atoms with Crippen molar-refractivity contribution in [3.63, 3.8) is 0 Å². The van der Waals surface area contributed by atoms with Crippen LogP contribution in [0.15, 0.2) is 0 Å². The summed E-state index contributed by atoms with van der Waals surface area (Å²) >= 11 is 0. The van der Waals surface area contributed by atoms with Crippen LogP contribution in [0.25, 0.3) is 0 Å². The number of hydrogen-bond donors (Lipinski definition) is 0. The van der Waals surface area contributed by atoms with Crippen LogP contribution in [-0.2, 0) is 43.4 Å². The van der Waals surface area contributed by atoms with Crippen LogP contribution in [0.5, 0.6) is 0 Å². The first-order valence-electron chi connectivity index (χ1n) is 3.00. The van der Waals surface area contributed by atoms with Crippen molar-refractivity contribution >= 4 is 0 Å². The molecule has 0 amide bonds. The van der Waals surface area contributed by atoms with Crippen LogP contribution in [0.4, 0.5) is 0 Å². The Balaban J connectivity index is -0.00000000468. The van der Waals surface area contributed by atoms with Gasteiger partial charge in [-0.2, -0.15) is 41.5 Å². The molecule has 0 unspecified atom stereocenters. The van der Waals surface area contributed by atoms with E-state index in [0.29, 0.717) is 0 Å². The van der Waals surface area contributed by atoms with E-state index in [4.69, 9.17) is 0 Å². The molecule has 0 bridgehead atoms. The summed E-state index contributed by atoms with van der Waals surface area (Å²) in [7, 11) is 0. The Hall–Kier alpha value is 1.39. The minimum Gasteiger partial charge on any atom is -0.412 e. The molecule has 0 heterocycles. The smallest absolute Gasteiger partial charge is 0.412 e. The van der Waals surface area contributed by atoms with Crippen molar-refractivity contribution in [2.75, 3.05) is 0 Å². The fraction of sp³-hybridized carbons (Fsp3) is 0.500. The number of hydrogen-bond acceptors (Lipinski definition) is 0. The van der Waals surface area contributed by atoms with Gasteiger partial charge in [-0.1, -0.05) is 0 Å². The molecule has 3 heteroatoms. The molecule has 0 aliphatic carbocycles. The number of rotatable bonds is 0. The van der Waals surface area contributed by atoms with Crippen molar-refractivity contribution in [2.24, 2.45) is 0 Å². The van der Waals surface area contributed by atoms with Crippen LogP contribution in [0.1, 0.15) is 41.5 Å². The monoisotopic (exact) mass is 288 g/mol. The summed E-state index contributed by atoms with van der Waals surface area (Å²) in [6.45, 7) is 12.5. The van der Waals surface area contributed by atoms with Crippen LogP contribution in [-0.4, -0.2) is 5.48 Å². The maximum atomic E-state index is 2.08. The topological polar surface area (TPSA) is 31.5 Å². The molecule has 0 atom stereocenters. The van der Waals surface area contributed by atoms with E-state index < -0.39 is 0 Å². The Morgan fingerprint density at radius 2 is 0.467 bits per heavy atom. The molecule has 0 aromatic rings. The second-order valence-electron chi connectivity index (χ2n) is 3.00. The van der Waals surface area contributed by atoms with Crippen molar-refractivity contribution in [1.29, 1.82) is 0 Å². The van der Waals surface area contributed by atoms with Gasteiger partial charge in [0.1, 0.15) is 0 Å². The molecule has 2 radical (unpaired) electrons. The van der Waals surface area contributed by atoms with Gasteiger partial charge in [0.2, 0.25) is 0 Å². The molecule has 0 fully saturated rings. The van der Waals surface area contributed by atoms with E-state index in [2.05, 4.69) is 41.5 Å². The summed E-state index contributed by atoms with van der Waals surface area (Å²) in [6.07, 6.45) is 0. The Morgan fingerprint density at radius 1 is 0.467 bits per heavy atom. The summed E-state index contributed by atoms with van der Waals surface area (Å²) in [6, 6.07) is 0. The molecular formula is C12H32OTi2. The third kappa shape index (κ3) is 1430. The van der Waals surface area contributed by atoms with Crippen molar-refractivity contribution < 1.29 is 48.9 Å². The van der Waals surface area contributed by atoms with Gasteiger partial charge in [-0.15, -0.1) is 0 Å². The van der Waals surface area contributed by atoms with E-state index in [9.17, 15) is 0 Å². The first kappa shape index (κ1) is 71.1. The Labute approximate surface area is 131 Å². The van der Waals surface area contributed by atoms with Crippen molar-refractivity contribution in [2.45, 2.75) is 41.5 Å². The van der Waals surface area contributed by atoms with Gasteiger partial charge in [0.05, 0.1) is 0 Å². The van der Waals surface area contributed by atoms with E-state index in [1.54, 1.807) is 0 Å². The summed E-state index contributed by atoms with van der Waals surface area (Å²) in [5, 5.41) is 0. The molecule has 94 valence electrons. The first-order chi connectivity index (χ1) is 3.46. The van der Waals surface area contributed by atoms with Crippen LogP contribution in [0, 0.1) is 41.5 Å². The predicted octanol–water partition coefficient (Wildman–Crippen LogP) is 4.21. The average Bonchev–Trinajstić information content (AvgIpc) is 1.25. The molecule has 0 saturated carbocycles. The molecule has 2 N–H and O–H groups in total. The van der Waals surface area contributed by atoms with E-state index in [-0.39, 0.29) is 78.6 Å². The predicted molar refractivity (Wildman–Crippen MR) is 69.8 cm³/mol. The average molecular weight is 288 g/mol. The van der Waals surface area contributed by atoms with Gasteiger partial charge in [-0.25, -0.2) is 0 Å². The molecule has 0 rings (SSSR count). The molecular weight excluding hydrogens is 256 g/mol. The van der Waals surface area contributed by atoms with Gasteiger partial charge in [-0.05, 0) is 0 Å². The van der Waals surface area contributed by atoms with Crippen molar-refractivity contribution in [3.05, 3.63) is 41.5 Å². The van der Waals surface area contributed by atoms with E-state index >= 15 is 0 Å². The standard InChI is InChI=1S/2C4H9.4CH3.H2O.2Ti/c2*1-4(2)3;;;;;;;/h2*1-3H3;4*1H3;1H2;;/q6*-1;;2*+3. The third-order valence-corrected chi connectivity index (χ3v) is 0. The zero-order valence-corrected chi connectivity index (χ0v) is 15.6. The van der Waals surface area contributed by atoms with Crippen LogP contribution in [0.3, 0.4) is 0 Å². The maximum Gasteiger partial charge on any atom is 3.00 e. The molecule has 15 heavy (non-hydrogen) atoms. The SMILES string of the molecule is C[C-](C)C.C[C-](C)C.O.[CH3-].[CH3-].[CH3-].[CH3-].[Ti+3].[Ti+3]. The zero-order chi connectivity index (χ0) is 7.15. The first-order valence-corrected chi connectivity index (χ1v) is 3.00. The summed E-state index contributed by atoms with van der Waals surface area (Å²) < 4.78 is 0. The van der Waals surface area contributed by atoms with Gasteiger partial charge < -0.3 is 47.0 Å². The minimum absolute atomic E-state index is 0. The quantitative estimate of drug-likeness (QED) is 0.472. The molecule has 0 aliphatic heterocycles. The van der Waals surface area contributed by atoms with Gasteiger partial charge in [0.25, 0.3) is 0 Å². The van der Waals surface area contributed by atoms with Crippen molar-refractivity contribution in [3.8, 4) is 0 Å².